The van der Waals surface area contributed by atoms with Crippen LogP contribution in [0.3, 0.4) is 0 Å². The molecule has 2 amide bonds. The van der Waals surface area contributed by atoms with Gasteiger partial charge in [0.2, 0.25) is 5.91 Å². The Balaban J connectivity index is 1.51. The average Bonchev–Trinajstić information content (AvgIpc) is 2.96. The van der Waals surface area contributed by atoms with E-state index < -0.39 is 11.8 Å². The lowest BCUT2D eigenvalue weighted by Crippen LogP contribution is -2.44. The number of hydrogen-bond donors (Lipinski definition) is 0. The summed E-state index contributed by atoms with van der Waals surface area (Å²) in [4.78, 5) is 29.1. The lowest BCUT2D eigenvalue weighted by atomic mass is 9.98. The van der Waals surface area contributed by atoms with Crippen LogP contribution in [0, 0.1) is 0 Å². The Bertz CT molecular complexity index is 873. The number of alkyl halides is 2. The minimum absolute atomic E-state index is 0.147. The van der Waals surface area contributed by atoms with E-state index in [0.29, 0.717) is 28.9 Å². The number of halogens is 2. The number of hydrogen-bond acceptors (Lipinski definition) is 4. The van der Waals surface area contributed by atoms with Gasteiger partial charge in [-0.05, 0) is 41.8 Å². The summed E-state index contributed by atoms with van der Waals surface area (Å²) in [5.74, 6) is -3.00. The number of carbonyl (C=O) groups excluding carboxylic acids is 2. The molecule has 7 heteroatoms. The summed E-state index contributed by atoms with van der Waals surface area (Å²) in [6.07, 6.45) is 1.00. The van der Waals surface area contributed by atoms with Gasteiger partial charge >= 0.3 is 0 Å². The van der Waals surface area contributed by atoms with Crippen molar-refractivity contribution >= 4 is 29.3 Å². The van der Waals surface area contributed by atoms with E-state index in [-0.39, 0.29) is 18.2 Å². The lowest BCUT2D eigenvalue weighted by Gasteiger charge is -2.32. The third-order valence-electron chi connectivity index (χ3n) is 5.04. The highest BCUT2D eigenvalue weighted by Gasteiger charge is 2.43. The molecule has 1 saturated heterocycles. The molecule has 2 aromatic carbocycles. The number of nitrogens with zero attached hydrogens (tertiary/aromatic N) is 2. The fourth-order valence-corrected chi connectivity index (χ4v) is 4.23. The number of anilines is 1. The van der Waals surface area contributed by atoms with Gasteiger partial charge in [-0.15, -0.1) is 0 Å². The van der Waals surface area contributed by atoms with Crippen LogP contribution in [0.2, 0.25) is 0 Å². The normalized spacial score (nSPS) is 20.4. The number of fused-ring (bicyclic) bond motifs is 1. The summed E-state index contributed by atoms with van der Waals surface area (Å²) in [7, 11) is 0. The van der Waals surface area contributed by atoms with Crippen molar-refractivity contribution in [1.29, 1.82) is 0 Å². The van der Waals surface area contributed by atoms with E-state index >= 15 is 0 Å². The molecule has 2 aliphatic heterocycles. The van der Waals surface area contributed by atoms with Gasteiger partial charge in [0.25, 0.3) is 11.7 Å². The van der Waals surface area contributed by atoms with Crippen LogP contribution in [0.5, 0.6) is 0 Å². The van der Waals surface area contributed by atoms with Crippen LogP contribution in [-0.2, 0) is 22.6 Å². The fourth-order valence-electron chi connectivity index (χ4n) is 3.73. The van der Waals surface area contributed by atoms with Crippen LogP contribution in [0.4, 0.5) is 14.5 Å². The summed E-state index contributed by atoms with van der Waals surface area (Å²) < 4.78 is 24.9. The summed E-state index contributed by atoms with van der Waals surface area (Å²) in [6, 6.07) is 13.8. The summed E-state index contributed by atoms with van der Waals surface area (Å²) >= 11 is 0.438. The Hall–Kier alpha value is -2.25. The zero-order valence-corrected chi connectivity index (χ0v) is 15.3. The van der Waals surface area contributed by atoms with Crippen molar-refractivity contribution in [3.05, 3.63) is 59.7 Å². The van der Waals surface area contributed by atoms with Crippen molar-refractivity contribution in [2.75, 3.05) is 11.4 Å². The molecule has 0 bridgehead atoms. The van der Waals surface area contributed by atoms with Gasteiger partial charge in [0.05, 0.1) is 18.2 Å². The molecule has 1 atom stereocenters. The van der Waals surface area contributed by atoms with E-state index in [1.165, 1.54) is 28.2 Å². The predicted molar refractivity (Wildman–Crippen MR) is 99.8 cm³/mol. The minimum atomic E-state index is -2.50. The lowest BCUT2D eigenvalue weighted by molar-refractivity contribution is -0.123. The van der Waals surface area contributed by atoms with Crippen molar-refractivity contribution in [3.8, 4) is 0 Å². The highest BCUT2D eigenvalue weighted by atomic mass is 32.2. The third-order valence-corrected chi connectivity index (χ3v) is 5.77. The van der Waals surface area contributed by atoms with Crippen molar-refractivity contribution in [2.45, 2.75) is 36.1 Å². The maximum absolute atomic E-state index is 12.9. The van der Waals surface area contributed by atoms with Crippen LogP contribution in [0.1, 0.15) is 17.5 Å². The SMILES string of the molecule is O=C1C[C@H](N2CCc3ccccc3C2)C(=O)N1c1ccc(SC(F)F)cc1. The van der Waals surface area contributed by atoms with Gasteiger partial charge in [-0.2, -0.15) is 8.78 Å². The van der Waals surface area contributed by atoms with Gasteiger partial charge in [-0.3, -0.25) is 14.5 Å². The molecule has 4 rings (SSSR count). The Morgan fingerprint density at radius 3 is 2.41 bits per heavy atom. The fraction of sp³-hybridized carbons (Fsp3) is 0.300. The van der Waals surface area contributed by atoms with Crippen molar-refractivity contribution in [2.24, 2.45) is 0 Å². The molecule has 0 spiro atoms. The standard InChI is InChI=1S/C20H18F2N2O2S/c21-20(22)27-16-7-5-15(6-8-16)24-18(25)11-17(19(24)26)23-10-9-13-3-1-2-4-14(13)12-23/h1-8,17,20H,9-12H2/t17-/m0/s1. The second-order valence-electron chi connectivity index (χ2n) is 6.65. The molecule has 4 nitrogen and oxygen atoms in total. The molecule has 2 aliphatic rings. The predicted octanol–water partition coefficient (Wildman–Crippen LogP) is 3.69. The van der Waals surface area contributed by atoms with Gasteiger partial charge in [-0.1, -0.05) is 36.0 Å². The van der Waals surface area contributed by atoms with Crippen LogP contribution in [0.15, 0.2) is 53.4 Å². The van der Waals surface area contributed by atoms with E-state index in [1.807, 2.05) is 12.1 Å². The van der Waals surface area contributed by atoms with Crippen LogP contribution in [0.25, 0.3) is 0 Å². The molecule has 2 aromatic rings. The Morgan fingerprint density at radius 1 is 1.00 bits per heavy atom. The first kappa shape index (κ1) is 18.1. The first-order valence-electron chi connectivity index (χ1n) is 8.75. The van der Waals surface area contributed by atoms with Gasteiger partial charge in [0.15, 0.2) is 0 Å². The second-order valence-corrected chi connectivity index (χ2v) is 7.71. The first-order chi connectivity index (χ1) is 13.0. The number of benzene rings is 2. The monoisotopic (exact) mass is 388 g/mol. The van der Waals surface area contributed by atoms with E-state index in [9.17, 15) is 18.4 Å². The summed E-state index contributed by atoms with van der Waals surface area (Å²) in [5, 5.41) is 0. The molecule has 2 heterocycles. The number of amides is 2. The zero-order chi connectivity index (χ0) is 19.0. The van der Waals surface area contributed by atoms with Crippen LogP contribution >= 0.6 is 11.8 Å². The minimum Gasteiger partial charge on any atom is -0.287 e. The van der Waals surface area contributed by atoms with Crippen molar-refractivity contribution < 1.29 is 18.4 Å². The largest absolute Gasteiger partial charge is 0.288 e. The van der Waals surface area contributed by atoms with Gasteiger partial charge in [0.1, 0.15) is 0 Å². The van der Waals surface area contributed by atoms with Crippen molar-refractivity contribution in [3.63, 3.8) is 0 Å². The molecule has 0 saturated carbocycles. The van der Waals surface area contributed by atoms with E-state index in [0.717, 1.165) is 13.0 Å². The highest BCUT2D eigenvalue weighted by molar-refractivity contribution is 7.99. The molecule has 0 aliphatic carbocycles. The number of thioether (sulfide) groups is 1. The molecule has 1 fully saturated rings. The maximum atomic E-state index is 12.9. The number of rotatable bonds is 4. The van der Waals surface area contributed by atoms with E-state index in [4.69, 9.17) is 0 Å². The van der Waals surface area contributed by atoms with Gasteiger partial charge in [0, 0.05) is 18.0 Å². The molecule has 0 radical (unpaired) electrons. The van der Waals surface area contributed by atoms with E-state index in [2.05, 4.69) is 17.0 Å². The average molecular weight is 388 g/mol. The van der Waals surface area contributed by atoms with Crippen LogP contribution < -0.4 is 4.90 Å². The zero-order valence-electron chi connectivity index (χ0n) is 14.5. The summed E-state index contributed by atoms with van der Waals surface area (Å²) in [6.45, 7) is 1.39. The molecular formula is C20H18F2N2O2S. The maximum Gasteiger partial charge on any atom is 0.288 e. The molecule has 0 unspecified atom stereocenters. The molecular weight excluding hydrogens is 370 g/mol. The second kappa shape index (κ2) is 7.40. The van der Waals surface area contributed by atoms with E-state index in [1.54, 1.807) is 12.1 Å². The third kappa shape index (κ3) is 3.61. The molecule has 140 valence electrons. The Labute approximate surface area is 160 Å². The number of carbonyl (C=O) groups is 2. The molecule has 27 heavy (non-hydrogen) atoms. The molecule has 0 N–H and O–H groups in total. The van der Waals surface area contributed by atoms with Crippen LogP contribution in [-0.4, -0.2) is 35.1 Å². The number of imide groups is 1. The Kier molecular flexibility index (Phi) is 4.97. The topological polar surface area (TPSA) is 40.6 Å². The quantitative estimate of drug-likeness (QED) is 0.592. The van der Waals surface area contributed by atoms with Crippen molar-refractivity contribution in [1.82, 2.24) is 4.90 Å². The summed E-state index contributed by atoms with van der Waals surface area (Å²) in [5.41, 5.74) is 2.91. The Morgan fingerprint density at radius 2 is 1.70 bits per heavy atom. The van der Waals surface area contributed by atoms with Gasteiger partial charge < -0.3 is 0 Å². The van der Waals surface area contributed by atoms with Gasteiger partial charge in [-0.25, -0.2) is 4.90 Å². The molecule has 0 aromatic heterocycles. The highest BCUT2D eigenvalue weighted by Crippen LogP contribution is 2.31. The first-order valence-corrected chi connectivity index (χ1v) is 9.63. The smallest absolute Gasteiger partial charge is 0.287 e.